The molecule has 154 valence electrons. The summed E-state index contributed by atoms with van der Waals surface area (Å²) in [6, 6.07) is 8.23. The number of hydrogen-bond donors (Lipinski definition) is 1. The van der Waals surface area contributed by atoms with E-state index in [1.54, 1.807) is 14.2 Å². The Kier molecular flexibility index (Phi) is 6.65. The van der Waals surface area contributed by atoms with E-state index in [0.29, 0.717) is 12.5 Å². The van der Waals surface area contributed by atoms with Crippen molar-refractivity contribution in [3.8, 4) is 5.75 Å². The number of ether oxygens (including phenoxy) is 2. The van der Waals surface area contributed by atoms with Gasteiger partial charge in [-0.25, -0.2) is 0 Å². The molecular formula is C21H32N4O3. The number of aliphatic imine (C=N–C) groups is 1. The summed E-state index contributed by atoms with van der Waals surface area (Å²) in [6.45, 7) is 6.51. The molecule has 2 heterocycles. The van der Waals surface area contributed by atoms with E-state index in [9.17, 15) is 4.79 Å². The summed E-state index contributed by atoms with van der Waals surface area (Å²) >= 11 is 0. The van der Waals surface area contributed by atoms with Gasteiger partial charge in [0.1, 0.15) is 5.75 Å². The van der Waals surface area contributed by atoms with Gasteiger partial charge in [-0.15, -0.1) is 0 Å². The molecule has 3 atom stereocenters. The Hall–Kier alpha value is -2.44. The van der Waals surface area contributed by atoms with Gasteiger partial charge < -0.3 is 24.6 Å². The number of rotatable bonds is 5. The van der Waals surface area contributed by atoms with Crippen molar-refractivity contribution in [3.05, 3.63) is 24.3 Å². The van der Waals surface area contributed by atoms with Crippen molar-refractivity contribution in [3.63, 3.8) is 0 Å². The van der Waals surface area contributed by atoms with Gasteiger partial charge in [0.25, 0.3) is 0 Å². The van der Waals surface area contributed by atoms with Crippen LogP contribution < -0.4 is 15.0 Å². The standard InChI is InChI=1S/C21H32N4O3/c1-15-12-25(14-19(15)20(26)28-4)21(22-2)23-11-16-8-9-24(13-16)17-6-5-7-18(10-17)27-3/h5-7,10,15-16,19H,8-9,11-14H2,1-4H3,(H,22,23). The summed E-state index contributed by atoms with van der Waals surface area (Å²) in [6.07, 6.45) is 1.14. The Balaban J connectivity index is 1.52. The van der Waals surface area contributed by atoms with Crippen molar-refractivity contribution in [1.82, 2.24) is 10.2 Å². The molecule has 7 heteroatoms. The molecule has 1 aromatic rings. The molecule has 2 aliphatic rings. The van der Waals surface area contributed by atoms with Crippen LogP contribution in [0.4, 0.5) is 5.69 Å². The van der Waals surface area contributed by atoms with Crippen molar-refractivity contribution in [1.29, 1.82) is 0 Å². The molecule has 0 spiro atoms. The third kappa shape index (κ3) is 4.51. The van der Waals surface area contributed by atoms with Gasteiger partial charge in [0.05, 0.1) is 20.1 Å². The molecule has 28 heavy (non-hydrogen) atoms. The molecule has 3 unspecified atom stereocenters. The molecule has 3 rings (SSSR count). The number of carbonyl (C=O) groups excluding carboxylic acids is 1. The maximum absolute atomic E-state index is 11.9. The summed E-state index contributed by atoms with van der Waals surface area (Å²) in [5.41, 5.74) is 1.21. The zero-order chi connectivity index (χ0) is 20.1. The van der Waals surface area contributed by atoms with Gasteiger partial charge in [0, 0.05) is 51.5 Å². The van der Waals surface area contributed by atoms with E-state index < -0.39 is 0 Å². The second-order valence-corrected chi connectivity index (χ2v) is 7.74. The minimum atomic E-state index is -0.129. The summed E-state index contributed by atoms with van der Waals surface area (Å²) in [5.74, 6) is 2.37. The highest BCUT2D eigenvalue weighted by atomic mass is 16.5. The van der Waals surface area contributed by atoms with E-state index in [1.165, 1.54) is 12.8 Å². The second kappa shape index (κ2) is 9.17. The first-order valence-electron chi connectivity index (χ1n) is 9.98. The fourth-order valence-electron chi connectivity index (χ4n) is 4.21. The first-order valence-corrected chi connectivity index (χ1v) is 9.98. The van der Waals surface area contributed by atoms with Crippen molar-refractivity contribution >= 4 is 17.6 Å². The van der Waals surface area contributed by atoms with Gasteiger partial charge >= 0.3 is 5.97 Å². The molecule has 0 aliphatic carbocycles. The minimum absolute atomic E-state index is 0.0846. The second-order valence-electron chi connectivity index (χ2n) is 7.74. The molecule has 0 saturated carbocycles. The predicted octanol–water partition coefficient (Wildman–Crippen LogP) is 1.84. The predicted molar refractivity (Wildman–Crippen MR) is 111 cm³/mol. The van der Waals surface area contributed by atoms with Gasteiger partial charge in [0.15, 0.2) is 5.96 Å². The van der Waals surface area contributed by atoms with Crippen molar-refractivity contribution in [2.45, 2.75) is 13.3 Å². The van der Waals surface area contributed by atoms with Crippen LogP contribution in [-0.4, -0.2) is 70.8 Å². The van der Waals surface area contributed by atoms with E-state index in [4.69, 9.17) is 9.47 Å². The topological polar surface area (TPSA) is 66.4 Å². The normalized spacial score (nSPS) is 25.1. The van der Waals surface area contributed by atoms with E-state index in [1.807, 2.05) is 12.1 Å². The largest absolute Gasteiger partial charge is 0.497 e. The number of anilines is 1. The number of nitrogens with one attached hydrogen (secondary N) is 1. The lowest BCUT2D eigenvalue weighted by atomic mass is 9.99. The van der Waals surface area contributed by atoms with Crippen molar-refractivity contribution < 1.29 is 14.3 Å². The smallest absolute Gasteiger partial charge is 0.310 e. The Morgan fingerprint density at radius 1 is 1.29 bits per heavy atom. The molecule has 2 fully saturated rings. The first-order chi connectivity index (χ1) is 13.5. The van der Waals surface area contributed by atoms with Crippen LogP contribution in [0.1, 0.15) is 13.3 Å². The number of benzene rings is 1. The Labute approximate surface area is 167 Å². The number of hydrogen-bond acceptors (Lipinski definition) is 5. The van der Waals surface area contributed by atoms with E-state index in [-0.39, 0.29) is 17.8 Å². The number of guanidine groups is 1. The molecule has 0 bridgehead atoms. The third-order valence-corrected chi connectivity index (χ3v) is 5.88. The monoisotopic (exact) mass is 388 g/mol. The van der Waals surface area contributed by atoms with Gasteiger partial charge in [-0.05, 0) is 30.4 Å². The Morgan fingerprint density at radius 3 is 2.82 bits per heavy atom. The van der Waals surface area contributed by atoms with E-state index in [2.05, 4.69) is 39.2 Å². The van der Waals surface area contributed by atoms with Crippen LogP contribution in [0.25, 0.3) is 0 Å². The minimum Gasteiger partial charge on any atom is -0.497 e. The number of likely N-dealkylation sites (tertiary alicyclic amines) is 1. The lowest BCUT2D eigenvalue weighted by molar-refractivity contribution is -0.145. The first kappa shape index (κ1) is 20.3. The maximum atomic E-state index is 11.9. The zero-order valence-corrected chi connectivity index (χ0v) is 17.4. The third-order valence-electron chi connectivity index (χ3n) is 5.88. The molecule has 1 aromatic carbocycles. The molecule has 0 radical (unpaired) electrons. The number of carbonyl (C=O) groups is 1. The Bertz CT molecular complexity index is 709. The molecule has 0 aromatic heterocycles. The zero-order valence-electron chi connectivity index (χ0n) is 17.4. The van der Waals surface area contributed by atoms with Crippen LogP contribution in [-0.2, 0) is 9.53 Å². The van der Waals surface area contributed by atoms with Crippen LogP contribution in [0.2, 0.25) is 0 Å². The number of esters is 1. The molecular weight excluding hydrogens is 356 g/mol. The van der Waals surface area contributed by atoms with Gasteiger partial charge in [-0.2, -0.15) is 0 Å². The average molecular weight is 389 g/mol. The molecule has 7 nitrogen and oxygen atoms in total. The number of methoxy groups -OCH3 is 2. The summed E-state index contributed by atoms with van der Waals surface area (Å²) in [5, 5.41) is 3.52. The highest BCUT2D eigenvalue weighted by Gasteiger charge is 2.37. The molecule has 2 saturated heterocycles. The molecule has 2 aliphatic heterocycles. The van der Waals surface area contributed by atoms with E-state index in [0.717, 1.165) is 44.3 Å². The maximum Gasteiger partial charge on any atom is 0.310 e. The highest BCUT2D eigenvalue weighted by molar-refractivity contribution is 5.82. The van der Waals surface area contributed by atoms with Crippen LogP contribution in [0.5, 0.6) is 5.75 Å². The van der Waals surface area contributed by atoms with Crippen LogP contribution in [0.15, 0.2) is 29.3 Å². The summed E-state index contributed by atoms with van der Waals surface area (Å²) in [4.78, 5) is 20.9. The average Bonchev–Trinajstić information content (AvgIpc) is 3.35. The van der Waals surface area contributed by atoms with Crippen LogP contribution in [0.3, 0.4) is 0 Å². The summed E-state index contributed by atoms with van der Waals surface area (Å²) in [7, 11) is 4.96. The molecule has 1 N–H and O–H groups in total. The van der Waals surface area contributed by atoms with Gasteiger partial charge in [-0.1, -0.05) is 13.0 Å². The van der Waals surface area contributed by atoms with Crippen LogP contribution >= 0.6 is 0 Å². The van der Waals surface area contributed by atoms with Crippen LogP contribution in [0, 0.1) is 17.8 Å². The SMILES string of the molecule is CN=C(NCC1CCN(c2cccc(OC)c2)C1)N1CC(C)C(C(=O)OC)C1. The quantitative estimate of drug-likeness (QED) is 0.472. The molecule has 0 amide bonds. The van der Waals surface area contributed by atoms with Gasteiger partial charge in [0.2, 0.25) is 0 Å². The fourth-order valence-corrected chi connectivity index (χ4v) is 4.21. The highest BCUT2D eigenvalue weighted by Crippen LogP contribution is 2.27. The fraction of sp³-hybridized carbons (Fsp3) is 0.619. The Morgan fingerprint density at radius 2 is 2.11 bits per heavy atom. The van der Waals surface area contributed by atoms with Crippen molar-refractivity contribution in [2.24, 2.45) is 22.7 Å². The van der Waals surface area contributed by atoms with Gasteiger partial charge in [-0.3, -0.25) is 9.79 Å². The lowest BCUT2D eigenvalue weighted by Crippen LogP contribution is -2.42. The lowest BCUT2D eigenvalue weighted by Gasteiger charge is -2.23. The van der Waals surface area contributed by atoms with E-state index >= 15 is 0 Å². The number of nitrogens with zero attached hydrogens (tertiary/aromatic N) is 3. The van der Waals surface area contributed by atoms with Crippen molar-refractivity contribution in [2.75, 3.05) is 58.9 Å². The summed E-state index contributed by atoms with van der Waals surface area (Å²) < 4.78 is 10.3.